The molecule has 0 saturated heterocycles. The number of ether oxygens (including phenoxy) is 3. The smallest absolute Gasteiger partial charge is 0.263 e. The number of nitrogens with one attached hydrogen (secondary N) is 1. The van der Waals surface area contributed by atoms with Crippen LogP contribution in [-0.4, -0.2) is 56.3 Å². The summed E-state index contributed by atoms with van der Waals surface area (Å²) in [6.07, 6.45) is 8.33. The van der Waals surface area contributed by atoms with Gasteiger partial charge in [-0.1, -0.05) is 134 Å². The molecule has 0 amide bonds. The van der Waals surface area contributed by atoms with Gasteiger partial charge in [-0.05, 0) is 83.6 Å². The molecule has 360 valence electrons. The van der Waals surface area contributed by atoms with Gasteiger partial charge < -0.3 is 19.5 Å². The molecule has 0 aliphatic carbocycles. The van der Waals surface area contributed by atoms with Crippen LogP contribution in [-0.2, 0) is 0 Å². The van der Waals surface area contributed by atoms with Gasteiger partial charge in [-0.15, -0.1) is 0 Å². The predicted octanol–water partition coefficient (Wildman–Crippen LogP) is 14.6. The summed E-state index contributed by atoms with van der Waals surface area (Å²) >= 11 is 0. The third-order valence-electron chi connectivity index (χ3n) is 9.02. The van der Waals surface area contributed by atoms with Crippen molar-refractivity contribution in [3.05, 3.63) is 119 Å². The number of alkyl halides is 2. The van der Waals surface area contributed by atoms with E-state index < -0.39 is 6.43 Å². The molecule has 0 spiro atoms. The number of anilines is 1. The standard InChI is InChI=1S/C12H20N2O.C11H18N2O.C11H18N2.C10H12F2.C9H13NO/c1-9(2)10-6-13-7-11(14-10)15-8-12(3,4)5;1-8(2)7-14-11-6-12-5-10(13-11)9(3)4;1-8(2)10-5-6-11(12-7-10)13-9(3)4;1-7(2)8-4-3-5-9(6-8)10(11)12;1-7(2)8-4-5-9(11-3)10-6-8/h6-7,9H,8H2,1-5H3;5-6,8-9H,7H2,1-4H3;5-9H,1-4H3,(H,12,13);3-7,10H,1-2H3;4-7H,1-3H3. The average molecular weight is 902 g/mol. The molecule has 4 heterocycles. The van der Waals surface area contributed by atoms with Crippen LogP contribution < -0.4 is 19.5 Å². The molecule has 4 aromatic heterocycles. The predicted molar refractivity (Wildman–Crippen MR) is 265 cm³/mol. The van der Waals surface area contributed by atoms with E-state index in [4.69, 9.17) is 14.2 Å². The first kappa shape index (κ1) is 57.8. The van der Waals surface area contributed by atoms with Crippen LogP contribution in [0.2, 0.25) is 0 Å². The second kappa shape index (κ2) is 30.0. The number of hydrogen-bond acceptors (Lipinski definition) is 10. The first-order valence-corrected chi connectivity index (χ1v) is 22.9. The minimum Gasteiger partial charge on any atom is -0.481 e. The monoisotopic (exact) mass is 902 g/mol. The molecule has 1 aromatic carbocycles. The van der Waals surface area contributed by atoms with Gasteiger partial charge in [0.1, 0.15) is 5.82 Å². The number of hydrogen-bond donors (Lipinski definition) is 1. The quantitative estimate of drug-likeness (QED) is 0.115. The van der Waals surface area contributed by atoms with E-state index in [9.17, 15) is 8.78 Å². The van der Waals surface area contributed by atoms with Crippen LogP contribution in [0, 0.1) is 11.3 Å². The first-order valence-electron chi connectivity index (χ1n) is 22.9. The molecular weight excluding hydrogens is 821 g/mol. The van der Waals surface area contributed by atoms with E-state index in [1.807, 2.05) is 50.5 Å². The normalized spacial score (nSPS) is 11.1. The lowest BCUT2D eigenvalue weighted by molar-refractivity contribution is 0.151. The summed E-state index contributed by atoms with van der Waals surface area (Å²) in [4.78, 5) is 25.4. The van der Waals surface area contributed by atoms with Crippen LogP contribution >= 0.6 is 0 Å². The van der Waals surface area contributed by atoms with Crippen molar-refractivity contribution in [3.63, 3.8) is 0 Å². The highest BCUT2D eigenvalue weighted by Crippen LogP contribution is 2.23. The number of rotatable bonds is 14. The van der Waals surface area contributed by atoms with E-state index in [1.54, 1.807) is 44.0 Å². The number of benzene rings is 1. The molecule has 0 unspecified atom stereocenters. The van der Waals surface area contributed by atoms with Crippen molar-refractivity contribution in [1.82, 2.24) is 29.9 Å². The minimum atomic E-state index is -2.36. The van der Waals surface area contributed by atoms with E-state index in [0.29, 0.717) is 72.4 Å². The molecule has 0 fully saturated rings. The molecule has 0 saturated carbocycles. The number of aromatic nitrogens is 6. The van der Waals surface area contributed by atoms with E-state index in [0.717, 1.165) is 22.8 Å². The van der Waals surface area contributed by atoms with Crippen LogP contribution in [0.1, 0.15) is 187 Å². The van der Waals surface area contributed by atoms with Gasteiger partial charge in [0.2, 0.25) is 17.6 Å². The van der Waals surface area contributed by atoms with Gasteiger partial charge in [-0.3, -0.25) is 9.97 Å². The summed E-state index contributed by atoms with van der Waals surface area (Å²) in [5.74, 6) is 5.58. The Balaban J connectivity index is 0.000000408. The topological polar surface area (TPSA) is 117 Å². The highest BCUT2D eigenvalue weighted by molar-refractivity contribution is 5.36. The summed E-state index contributed by atoms with van der Waals surface area (Å²) in [7, 11) is 1.62. The first-order chi connectivity index (χ1) is 30.4. The Morgan fingerprint density at radius 1 is 0.538 bits per heavy atom. The summed E-state index contributed by atoms with van der Waals surface area (Å²) in [5.41, 5.74) is 5.71. The molecule has 1 N–H and O–H groups in total. The molecule has 10 nitrogen and oxygen atoms in total. The van der Waals surface area contributed by atoms with E-state index in [1.165, 1.54) is 17.2 Å². The fraction of sp³-hybridized carbons (Fsp3) is 0.547. The van der Waals surface area contributed by atoms with E-state index in [2.05, 4.69) is 145 Å². The molecule has 5 rings (SSSR count). The summed E-state index contributed by atoms with van der Waals surface area (Å²) in [5, 5.41) is 3.26. The largest absolute Gasteiger partial charge is 0.481 e. The lowest BCUT2D eigenvalue weighted by atomic mass is 9.99. The zero-order valence-corrected chi connectivity index (χ0v) is 42.8. The van der Waals surface area contributed by atoms with Crippen molar-refractivity contribution >= 4 is 5.82 Å². The van der Waals surface area contributed by atoms with Gasteiger partial charge in [0.25, 0.3) is 6.43 Å². The number of nitrogens with zero attached hydrogens (tertiary/aromatic N) is 6. The Bertz CT molecular complexity index is 1980. The average Bonchev–Trinajstić information content (AvgIpc) is 3.26. The molecule has 0 aliphatic rings. The Morgan fingerprint density at radius 2 is 1.03 bits per heavy atom. The molecule has 0 aliphatic heterocycles. The zero-order valence-electron chi connectivity index (χ0n) is 42.8. The molecule has 65 heavy (non-hydrogen) atoms. The summed E-state index contributed by atoms with van der Waals surface area (Å²) in [6, 6.07) is 15.1. The van der Waals surface area contributed by atoms with Crippen molar-refractivity contribution in [3.8, 4) is 17.6 Å². The zero-order chi connectivity index (χ0) is 49.3. The maximum atomic E-state index is 12.2. The van der Waals surface area contributed by atoms with Crippen molar-refractivity contribution in [2.45, 2.75) is 160 Å². The van der Waals surface area contributed by atoms with Gasteiger partial charge in [-0.25, -0.2) is 28.7 Å². The molecule has 0 bridgehead atoms. The number of methoxy groups -OCH3 is 1. The van der Waals surface area contributed by atoms with Crippen molar-refractivity contribution < 1.29 is 23.0 Å². The molecule has 5 aromatic rings. The number of pyridine rings is 2. The highest BCUT2D eigenvalue weighted by Gasteiger charge is 2.13. The van der Waals surface area contributed by atoms with Gasteiger partial charge in [-0.2, -0.15) is 0 Å². The van der Waals surface area contributed by atoms with Crippen LogP contribution in [0.5, 0.6) is 17.6 Å². The fourth-order valence-corrected chi connectivity index (χ4v) is 5.00. The van der Waals surface area contributed by atoms with Crippen molar-refractivity contribution in [2.24, 2.45) is 11.3 Å². The van der Waals surface area contributed by atoms with Gasteiger partial charge in [0, 0.05) is 42.5 Å². The second-order valence-electron chi connectivity index (χ2n) is 19.3. The summed E-state index contributed by atoms with van der Waals surface area (Å²) in [6.45, 7) is 37.2. The Labute approximate surface area is 391 Å². The van der Waals surface area contributed by atoms with E-state index >= 15 is 0 Å². The van der Waals surface area contributed by atoms with Gasteiger partial charge in [0.05, 0.1) is 44.1 Å². The molecule has 0 radical (unpaired) electrons. The Kier molecular flexibility index (Phi) is 26.7. The van der Waals surface area contributed by atoms with Gasteiger partial charge >= 0.3 is 0 Å². The molecule has 12 heteroatoms. The maximum Gasteiger partial charge on any atom is 0.263 e. The lowest BCUT2D eigenvalue weighted by Gasteiger charge is -2.18. The number of halogens is 2. The van der Waals surface area contributed by atoms with Gasteiger partial charge in [0.15, 0.2) is 0 Å². The summed E-state index contributed by atoms with van der Waals surface area (Å²) < 4.78 is 40.4. The van der Waals surface area contributed by atoms with Crippen molar-refractivity contribution in [1.29, 1.82) is 0 Å². The maximum absolute atomic E-state index is 12.2. The van der Waals surface area contributed by atoms with Crippen LogP contribution in [0.25, 0.3) is 0 Å². The van der Waals surface area contributed by atoms with Crippen LogP contribution in [0.4, 0.5) is 14.6 Å². The Hall–Kier alpha value is -5.26. The highest BCUT2D eigenvalue weighted by atomic mass is 19.3. The molecule has 0 atom stereocenters. The third kappa shape index (κ3) is 25.7. The minimum absolute atomic E-state index is 0.112. The second-order valence-corrected chi connectivity index (χ2v) is 19.3. The fourth-order valence-electron chi connectivity index (χ4n) is 5.00. The van der Waals surface area contributed by atoms with E-state index in [-0.39, 0.29) is 11.0 Å². The van der Waals surface area contributed by atoms with Crippen molar-refractivity contribution in [2.75, 3.05) is 25.6 Å². The molecular formula is C53H81F2N7O3. The SMILES string of the molecule is CC(C)COc1cncc(C(C)C)n1.CC(C)Nc1ccc(C(C)C)cn1.CC(C)c1cccc(C(F)F)c1.CC(C)c1cncc(OCC(C)(C)C)n1.COc1ccc(C(C)C)cn1. The van der Waals surface area contributed by atoms with Crippen LogP contribution in [0.15, 0.2) is 85.7 Å². The van der Waals surface area contributed by atoms with Crippen LogP contribution in [0.3, 0.4) is 0 Å². The Morgan fingerprint density at radius 3 is 1.42 bits per heavy atom. The lowest BCUT2D eigenvalue weighted by Crippen LogP contribution is -2.17. The third-order valence-corrected chi connectivity index (χ3v) is 9.02.